The van der Waals surface area contributed by atoms with E-state index in [0.717, 1.165) is 44.5 Å². The highest BCUT2D eigenvalue weighted by Gasteiger charge is 2.36. The van der Waals surface area contributed by atoms with Crippen molar-refractivity contribution in [3.8, 4) is 73.6 Å². The summed E-state index contributed by atoms with van der Waals surface area (Å²) in [6.45, 7) is 4.47. The Morgan fingerprint density at radius 1 is 0.447 bits per heavy atom. The summed E-state index contributed by atoms with van der Waals surface area (Å²) in [6.07, 6.45) is 0. The predicted molar refractivity (Wildman–Crippen MR) is 189 cm³/mol. The fourth-order valence-corrected chi connectivity index (χ4v) is 6.71. The largest absolute Gasteiger partial charge is 0.208 e. The van der Waals surface area contributed by atoms with E-state index in [1.807, 2.05) is 60.7 Å². The van der Waals surface area contributed by atoms with E-state index in [4.69, 9.17) is 15.0 Å². The molecule has 1 aromatic heterocycles. The summed E-state index contributed by atoms with van der Waals surface area (Å²) in [7, 11) is 0. The van der Waals surface area contributed by atoms with Crippen LogP contribution in [0.15, 0.2) is 146 Å². The highest BCUT2D eigenvalue weighted by Crippen LogP contribution is 2.50. The Labute approximate surface area is 274 Å². The van der Waals surface area contributed by atoms with E-state index < -0.39 is 0 Å². The highest BCUT2D eigenvalue weighted by molar-refractivity contribution is 5.88. The average Bonchev–Trinajstić information content (AvgIpc) is 3.38. The first-order chi connectivity index (χ1) is 23.0. The van der Waals surface area contributed by atoms with E-state index in [-0.39, 0.29) is 5.41 Å². The molecule has 4 nitrogen and oxygen atoms in total. The molecule has 0 spiro atoms. The van der Waals surface area contributed by atoms with Gasteiger partial charge in [0.25, 0.3) is 0 Å². The smallest absolute Gasteiger partial charge is 0.164 e. The van der Waals surface area contributed by atoms with E-state index in [2.05, 4.69) is 105 Å². The Hall–Kier alpha value is -6.18. The zero-order valence-corrected chi connectivity index (χ0v) is 26.1. The lowest BCUT2D eigenvalue weighted by Gasteiger charge is -2.21. The van der Waals surface area contributed by atoms with Crippen LogP contribution in [0.5, 0.6) is 0 Å². The van der Waals surface area contributed by atoms with Gasteiger partial charge in [-0.2, -0.15) is 5.26 Å². The molecule has 222 valence electrons. The minimum atomic E-state index is -0.174. The van der Waals surface area contributed by atoms with Crippen LogP contribution in [-0.4, -0.2) is 15.0 Å². The summed E-state index contributed by atoms with van der Waals surface area (Å²) in [5, 5.41) is 9.95. The van der Waals surface area contributed by atoms with Gasteiger partial charge < -0.3 is 0 Å². The van der Waals surface area contributed by atoms with Gasteiger partial charge in [-0.05, 0) is 57.1 Å². The molecule has 0 bridgehead atoms. The van der Waals surface area contributed by atoms with Crippen LogP contribution in [0.4, 0.5) is 0 Å². The Morgan fingerprint density at radius 2 is 0.936 bits per heavy atom. The molecule has 0 fully saturated rings. The van der Waals surface area contributed by atoms with Gasteiger partial charge in [0.05, 0.1) is 11.6 Å². The van der Waals surface area contributed by atoms with Crippen LogP contribution in [0.3, 0.4) is 0 Å². The average molecular weight is 603 g/mol. The Kier molecular flexibility index (Phi) is 6.82. The maximum absolute atomic E-state index is 9.95. The monoisotopic (exact) mass is 602 g/mol. The van der Waals surface area contributed by atoms with Gasteiger partial charge in [-0.3, -0.25) is 0 Å². The van der Waals surface area contributed by atoms with Crippen molar-refractivity contribution in [2.45, 2.75) is 19.3 Å². The van der Waals surface area contributed by atoms with E-state index in [1.165, 1.54) is 16.7 Å². The molecular weight excluding hydrogens is 573 g/mol. The second-order valence-corrected chi connectivity index (χ2v) is 12.4. The lowest BCUT2D eigenvalue weighted by atomic mass is 9.82. The Morgan fingerprint density at radius 3 is 1.62 bits per heavy atom. The van der Waals surface area contributed by atoms with Crippen molar-refractivity contribution >= 4 is 0 Å². The molecule has 0 aliphatic heterocycles. The molecule has 6 aromatic carbocycles. The van der Waals surface area contributed by atoms with Gasteiger partial charge >= 0.3 is 0 Å². The summed E-state index contributed by atoms with van der Waals surface area (Å²) >= 11 is 0. The molecule has 0 amide bonds. The number of rotatable bonds is 5. The molecule has 1 heterocycles. The quantitative estimate of drug-likeness (QED) is 0.197. The molecule has 1 aliphatic carbocycles. The summed E-state index contributed by atoms with van der Waals surface area (Å²) in [5.74, 6) is 1.87. The number of nitriles is 1. The van der Waals surface area contributed by atoms with Crippen molar-refractivity contribution in [3.05, 3.63) is 162 Å². The number of hydrogen-bond donors (Lipinski definition) is 0. The van der Waals surface area contributed by atoms with E-state index in [0.29, 0.717) is 23.0 Å². The van der Waals surface area contributed by atoms with Crippen LogP contribution in [0.25, 0.3) is 67.5 Å². The summed E-state index contributed by atoms with van der Waals surface area (Å²) in [6, 6.07) is 52.2. The van der Waals surface area contributed by atoms with Gasteiger partial charge in [0.1, 0.15) is 0 Å². The number of fused-ring (bicyclic) bond motifs is 3. The van der Waals surface area contributed by atoms with Crippen LogP contribution in [-0.2, 0) is 5.41 Å². The maximum atomic E-state index is 9.95. The van der Waals surface area contributed by atoms with E-state index in [1.54, 1.807) is 0 Å². The Balaban J connectivity index is 1.22. The second-order valence-electron chi connectivity index (χ2n) is 12.4. The predicted octanol–water partition coefficient (Wildman–Crippen LogP) is 10.4. The maximum Gasteiger partial charge on any atom is 0.164 e. The minimum Gasteiger partial charge on any atom is -0.208 e. The lowest BCUT2D eigenvalue weighted by Crippen LogP contribution is -2.14. The fourth-order valence-electron chi connectivity index (χ4n) is 6.71. The Bertz CT molecular complexity index is 2320. The second kappa shape index (κ2) is 11.3. The first-order valence-electron chi connectivity index (χ1n) is 15.8. The molecule has 47 heavy (non-hydrogen) atoms. The topological polar surface area (TPSA) is 62.5 Å². The molecular formula is C43H30N4. The molecule has 0 saturated heterocycles. The molecule has 0 saturated carbocycles. The summed E-state index contributed by atoms with van der Waals surface area (Å²) in [4.78, 5) is 14.9. The third-order valence-corrected chi connectivity index (χ3v) is 9.19. The van der Waals surface area contributed by atoms with E-state index in [9.17, 15) is 5.26 Å². The fraction of sp³-hybridized carbons (Fsp3) is 0.0698. The van der Waals surface area contributed by atoms with Gasteiger partial charge in [0.15, 0.2) is 17.5 Å². The summed E-state index contributed by atoms with van der Waals surface area (Å²) in [5.41, 5.74) is 12.3. The van der Waals surface area contributed by atoms with Crippen molar-refractivity contribution in [2.75, 3.05) is 0 Å². The van der Waals surface area contributed by atoms with Crippen LogP contribution in [0.1, 0.15) is 30.5 Å². The van der Waals surface area contributed by atoms with Gasteiger partial charge in [0, 0.05) is 27.7 Å². The molecule has 4 heteroatoms. The van der Waals surface area contributed by atoms with Crippen LogP contribution in [0.2, 0.25) is 0 Å². The van der Waals surface area contributed by atoms with Crippen molar-refractivity contribution in [1.82, 2.24) is 15.0 Å². The number of aromatic nitrogens is 3. The van der Waals surface area contributed by atoms with Gasteiger partial charge in [-0.1, -0.05) is 141 Å². The molecule has 8 rings (SSSR count). The third kappa shape index (κ3) is 4.99. The summed E-state index contributed by atoms with van der Waals surface area (Å²) < 4.78 is 0. The SMILES string of the molecule is CC1(C)c2ccc(-c3cccc(-c4nc(-c5ccccc5)nc(-c5ccc(-c6ccccc6)cc5)n4)c3)cc2-c2c(C#N)cccc21. The molecule has 0 radical (unpaired) electrons. The standard InChI is InChI=1S/C43H30N4/c1-43(2)37-24-23-33(26-36(37)39-35(27-44)17-10-18-38(39)43)32-15-9-16-34(25-32)42-46-40(30-13-7-4-8-14-30)45-41(47-42)31-21-19-29(20-22-31)28-11-5-3-6-12-28/h3-26H,1-2H3. The van der Waals surface area contributed by atoms with Crippen LogP contribution < -0.4 is 0 Å². The number of benzene rings is 6. The van der Waals surface area contributed by atoms with Crippen molar-refractivity contribution in [1.29, 1.82) is 5.26 Å². The van der Waals surface area contributed by atoms with Crippen molar-refractivity contribution in [2.24, 2.45) is 0 Å². The first-order valence-corrected chi connectivity index (χ1v) is 15.8. The van der Waals surface area contributed by atoms with Crippen molar-refractivity contribution < 1.29 is 0 Å². The zero-order chi connectivity index (χ0) is 32.0. The zero-order valence-electron chi connectivity index (χ0n) is 26.1. The molecule has 0 unspecified atom stereocenters. The van der Waals surface area contributed by atoms with Gasteiger partial charge in [0.2, 0.25) is 0 Å². The normalized spacial score (nSPS) is 12.6. The minimum absolute atomic E-state index is 0.174. The van der Waals surface area contributed by atoms with Crippen molar-refractivity contribution in [3.63, 3.8) is 0 Å². The van der Waals surface area contributed by atoms with Gasteiger partial charge in [-0.15, -0.1) is 0 Å². The van der Waals surface area contributed by atoms with Crippen LogP contribution in [0, 0.1) is 11.3 Å². The van der Waals surface area contributed by atoms with Crippen LogP contribution >= 0.6 is 0 Å². The first kappa shape index (κ1) is 28.3. The lowest BCUT2D eigenvalue weighted by molar-refractivity contribution is 0.660. The van der Waals surface area contributed by atoms with Gasteiger partial charge in [-0.25, -0.2) is 15.0 Å². The molecule has 0 N–H and O–H groups in total. The highest BCUT2D eigenvalue weighted by atomic mass is 15.0. The number of hydrogen-bond acceptors (Lipinski definition) is 4. The molecule has 1 aliphatic rings. The third-order valence-electron chi connectivity index (χ3n) is 9.19. The molecule has 7 aromatic rings. The molecule has 0 atom stereocenters. The van der Waals surface area contributed by atoms with E-state index >= 15 is 0 Å². The number of nitrogens with zero attached hydrogens (tertiary/aromatic N) is 4.